The number of H-pyrrole nitrogens is 4. The lowest BCUT2D eigenvalue weighted by Gasteiger charge is -2.45. The molecule has 0 unspecified atom stereocenters. The van der Waals surface area contributed by atoms with E-state index in [-0.39, 0.29) is 21.7 Å². The third kappa shape index (κ3) is 2.21. The summed E-state index contributed by atoms with van der Waals surface area (Å²) in [5.74, 6) is 0. The highest BCUT2D eigenvalue weighted by molar-refractivity contribution is 5.47. The zero-order valence-electron chi connectivity index (χ0n) is 21.1. The molecule has 0 atom stereocenters. The molecule has 0 radical (unpaired) electrons. The summed E-state index contributed by atoms with van der Waals surface area (Å²) in [6.45, 7) is 0. The van der Waals surface area contributed by atoms with Crippen molar-refractivity contribution in [1.29, 1.82) is 0 Å². The average Bonchev–Trinajstić information content (AvgIpc) is 3.54. The van der Waals surface area contributed by atoms with E-state index in [1.54, 1.807) is 0 Å². The largest absolute Gasteiger partial charge is 0.361 e. The molecule has 4 aromatic heterocycles. The number of aromatic amines is 4. The maximum absolute atomic E-state index is 4.03. The highest BCUT2D eigenvalue weighted by Gasteiger charge is 2.50. The van der Waals surface area contributed by atoms with Gasteiger partial charge in [-0.15, -0.1) is 0 Å². The molecule has 4 saturated carbocycles. The Morgan fingerprint density at radius 2 is 0.472 bits per heavy atom. The quantitative estimate of drug-likeness (QED) is 0.208. The molecule has 4 nitrogen and oxygen atoms in total. The van der Waals surface area contributed by atoms with Crippen LogP contribution in [0.5, 0.6) is 0 Å². The van der Waals surface area contributed by atoms with Gasteiger partial charge in [-0.1, -0.05) is 25.7 Å². The second-order valence-electron chi connectivity index (χ2n) is 12.9. The van der Waals surface area contributed by atoms with Gasteiger partial charge in [0.15, 0.2) is 0 Å². The molecule has 5 aliphatic rings. The van der Waals surface area contributed by atoms with Crippen molar-refractivity contribution in [3.05, 3.63) is 94.1 Å². The molecule has 0 amide bonds. The molecule has 4 spiro atoms. The first-order chi connectivity index (χ1) is 17.7. The van der Waals surface area contributed by atoms with Crippen LogP contribution in [0, 0.1) is 0 Å². The molecule has 4 heteroatoms. The van der Waals surface area contributed by atoms with Gasteiger partial charge >= 0.3 is 0 Å². The predicted molar refractivity (Wildman–Crippen MR) is 142 cm³/mol. The number of aromatic nitrogens is 4. The van der Waals surface area contributed by atoms with Crippen molar-refractivity contribution in [3.8, 4) is 0 Å². The topological polar surface area (TPSA) is 63.2 Å². The van der Waals surface area contributed by atoms with Crippen LogP contribution in [0.25, 0.3) is 0 Å². The zero-order chi connectivity index (χ0) is 23.6. The van der Waals surface area contributed by atoms with Gasteiger partial charge in [-0.25, -0.2) is 0 Å². The van der Waals surface area contributed by atoms with E-state index < -0.39 is 0 Å². The Kier molecular flexibility index (Phi) is 3.65. The second kappa shape index (κ2) is 6.51. The van der Waals surface area contributed by atoms with Crippen molar-refractivity contribution in [3.63, 3.8) is 0 Å². The highest BCUT2D eigenvalue weighted by atomic mass is 14.9. The summed E-state index contributed by atoms with van der Waals surface area (Å²) in [7, 11) is 0. The van der Waals surface area contributed by atoms with E-state index >= 15 is 0 Å². The van der Waals surface area contributed by atoms with Crippen LogP contribution in [0.2, 0.25) is 0 Å². The summed E-state index contributed by atoms with van der Waals surface area (Å²) in [5.41, 5.74) is 11.8. The molecule has 1 aliphatic heterocycles. The van der Waals surface area contributed by atoms with Crippen LogP contribution >= 0.6 is 0 Å². The van der Waals surface area contributed by atoms with Gasteiger partial charge in [-0.2, -0.15) is 0 Å². The molecule has 184 valence electrons. The smallest absolute Gasteiger partial charge is 0.0503 e. The Morgan fingerprint density at radius 1 is 0.306 bits per heavy atom. The molecule has 9 rings (SSSR count). The van der Waals surface area contributed by atoms with Crippen molar-refractivity contribution in [2.45, 2.75) is 98.7 Å². The second-order valence-corrected chi connectivity index (χ2v) is 12.9. The van der Waals surface area contributed by atoms with Crippen molar-refractivity contribution < 1.29 is 0 Å². The minimum absolute atomic E-state index is 0.112. The van der Waals surface area contributed by atoms with Crippen LogP contribution in [0.1, 0.15) is 123 Å². The van der Waals surface area contributed by atoms with Gasteiger partial charge in [0.1, 0.15) is 0 Å². The van der Waals surface area contributed by atoms with Crippen LogP contribution in [0.3, 0.4) is 0 Å². The van der Waals surface area contributed by atoms with E-state index in [0.717, 1.165) is 0 Å². The van der Waals surface area contributed by atoms with Crippen LogP contribution in [0.4, 0.5) is 0 Å². The molecule has 36 heavy (non-hydrogen) atoms. The van der Waals surface area contributed by atoms with E-state index in [0.29, 0.717) is 0 Å². The monoisotopic (exact) mass is 476 g/mol. The minimum atomic E-state index is 0.112. The number of rotatable bonds is 0. The van der Waals surface area contributed by atoms with Gasteiger partial charge < -0.3 is 19.9 Å². The highest BCUT2D eigenvalue weighted by Crippen LogP contribution is 2.56. The SMILES string of the molecule is c1cc2[nH]c1C1(CCC1)c1ccc([nH]1)C1(CCC1)c1ccc([nH]1)C1(CCC1)c1ccc([nH]1)C21CCC1. The summed E-state index contributed by atoms with van der Waals surface area (Å²) in [4.78, 5) is 16.1. The van der Waals surface area contributed by atoms with E-state index in [1.165, 1.54) is 123 Å². The van der Waals surface area contributed by atoms with Gasteiger partial charge in [-0.3, -0.25) is 0 Å². The lowest BCUT2D eigenvalue weighted by molar-refractivity contribution is 0.261. The first-order valence-electron chi connectivity index (χ1n) is 14.5. The van der Waals surface area contributed by atoms with Gasteiger partial charge in [0.05, 0.1) is 21.7 Å². The fourth-order valence-corrected chi connectivity index (χ4v) is 8.67. The summed E-state index contributed by atoms with van der Waals surface area (Å²) in [5, 5.41) is 0. The first-order valence-corrected chi connectivity index (χ1v) is 14.5. The number of hydrogen-bond donors (Lipinski definition) is 4. The molecule has 0 aromatic carbocycles. The van der Waals surface area contributed by atoms with Crippen molar-refractivity contribution >= 4 is 0 Å². The van der Waals surface area contributed by atoms with Crippen LogP contribution in [-0.2, 0) is 21.7 Å². The minimum Gasteiger partial charge on any atom is -0.361 e. The molecule has 4 aromatic rings. The summed E-state index contributed by atoms with van der Waals surface area (Å²) < 4.78 is 0. The normalized spacial score (nSPS) is 25.3. The van der Waals surface area contributed by atoms with Crippen LogP contribution < -0.4 is 0 Å². The molecule has 8 bridgehead atoms. The van der Waals surface area contributed by atoms with E-state index in [1.807, 2.05) is 0 Å². The van der Waals surface area contributed by atoms with Gasteiger partial charge in [0.2, 0.25) is 0 Å². The summed E-state index contributed by atoms with van der Waals surface area (Å²) in [6, 6.07) is 19.3. The maximum atomic E-state index is 4.03. The molecule has 5 heterocycles. The van der Waals surface area contributed by atoms with Gasteiger partial charge in [0, 0.05) is 45.6 Å². The Bertz CT molecular complexity index is 1160. The number of nitrogens with one attached hydrogen (secondary N) is 4. The molecule has 4 fully saturated rings. The standard InChI is InChI=1S/C32H36N4/c1-13-29(14-1)21-5-7-23(33-21)30(15-2-16-30)25-9-11-27(35-25)32(19-4-20-32)28-12-10-26(36-28)31(17-3-18-31)24-8-6-22(29)34-24/h5-12,33-36H,1-4,13-20H2. The molecule has 0 saturated heterocycles. The average molecular weight is 477 g/mol. The van der Waals surface area contributed by atoms with E-state index in [9.17, 15) is 0 Å². The first kappa shape index (κ1) is 20.2. The fourth-order valence-electron chi connectivity index (χ4n) is 8.67. The summed E-state index contributed by atoms with van der Waals surface area (Å²) >= 11 is 0. The van der Waals surface area contributed by atoms with Gasteiger partial charge in [-0.05, 0) is 99.9 Å². The molecule has 4 N–H and O–H groups in total. The van der Waals surface area contributed by atoms with Crippen molar-refractivity contribution in [2.24, 2.45) is 0 Å². The van der Waals surface area contributed by atoms with Crippen molar-refractivity contribution in [2.75, 3.05) is 0 Å². The van der Waals surface area contributed by atoms with E-state index in [4.69, 9.17) is 0 Å². The van der Waals surface area contributed by atoms with Crippen molar-refractivity contribution in [1.82, 2.24) is 19.9 Å². The maximum Gasteiger partial charge on any atom is 0.0503 e. The molecular formula is C32H36N4. The van der Waals surface area contributed by atoms with Gasteiger partial charge in [0.25, 0.3) is 0 Å². The lowest BCUT2D eigenvalue weighted by atomic mass is 9.64. The summed E-state index contributed by atoms with van der Waals surface area (Å²) in [6.07, 6.45) is 15.1. The Balaban J connectivity index is 1.29. The fraction of sp³-hybridized carbons (Fsp3) is 0.500. The van der Waals surface area contributed by atoms with E-state index in [2.05, 4.69) is 68.5 Å². The third-order valence-electron chi connectivity index (χ3n) is 11.7. The number of fused-ring (bicyclic) bond motifs is 16. The predicted octanol–water partition coefficient (Wildman–Crippen LogP) is 7.19. The van der Waals surface area contributed by atoms with Crippen LogP contribution in [-0.4, -0.2) is 19.9 Å². The third-order valence-corrected chi connectivity index (χ3v) is 11.7. The molecular weight excluding hydrogens is 440 g/mol. The lowest BCUT2D eigenvalue weighted by Crippen LogP contribution is -2.40. The zero-order valence-corrected chi connectivity index (χ0v) is 21.1. The Hall–Kier alpha value is -2.88. The van der Waals surface area contributed by atoms with Crippen LogP contribution in [0.15, 0.2) is 48.5 Å². The molecule has 4 aliphatic carbocycles. The Labute approximate surface area is 212 Å². The number of hydrogen-bond acceptors (Lipinski definition) is 0. The Morgan fingerprint density at radius 3 is 0.583 bits per heavy atom.